The average Bonchev–Trinajstić information content (AvgIpc) is 2.70. The Hall–Kier alpha value is -0.610. The number of aliphatic carboxylic acids is 1. The number of hydrogen-bond donors (Lipinski definition) is 1. The molecule has 0 spiro atoms. The van der Waals surface area contributed by atoms with Crippen LogP contribution in [0, 0.1) is 0 Å². The van der Waals surface area contributed by atoms with Crippen LogP contribution in [0.15, 0.2) is 0 Å². The van der Waals surface area contributed by atoms with Crippen molar-refractivity contribution in [3.05, 3.63) is 0 Å². The second-order valence-electron chi connectivity index (χ2n) is 5.19. The van der Waals surface area contributed by atoms with E-state index in [2.05, 4.69) is 16.8 Å². The van der Waals surface area contributed by atoms with E-state index in [-0.39, 0.29) is 0 Å². The van der Waals surface area contributed by atoms with Crippen molar-refractivity contribution in [3.63, 3.8) is 0 Å². The van der Waals surface area contributed by atoms with Gasteiger partial charge in [-0.15, -0.1) is 0 Å². The lowest BCUT2D eigenvalue weighted by atomic mass is 9.89. The lowest BCUT2D eigenvalue weighted by Crippen LogP contribution is -2.54. The highest BCUT2D eigenvalue weighted by atomic mass is 16.4. The van der Waals surface area contributed by atoms with E-state index in [0.29, 0.717) is 0 Å². The molecule has 0 saturated carbocycles. The van der Waals surface area contributed by atoms with Gasteiger partial charge >= 0.3 is 5.97 Å². The number of likely N-dealkylation sites (tertiary alicyclic amines) is 2. The summed E-state index contributed by atoms with van der Waals surface area (Å²) in [7, 11) is 2.09. The van der Waals surface area contributed by atoms with Crippen LogP contribution in [0.3, 0.4) is 0 Å². The van der Waals surface area contributed by atoms with E-state index in [9.17, 15) is 9.90 Å². The highest BCUT2D eigenvalue weighted by Gasteiger charge is 2.45. The summed E-state index contributed by atoms with van der Waals surface area (Å²) in [6, 6.07) is 0. The van der Waals surface area contributed by atoms with Crippen LogP contribution < -0.4 is 0 Å². The fourth-order valence-corrected chi connectivity index (χ4v) is 3.06. The second kappa shape index (κ2) is 4.72. The topological polar surface area (TPSA) is 43.8 Å². The van der Waals surface area contributed by atoms with Crippen molar-refractivity contribution in [3.8, 4) is 0 Å². The monoisotopic (exact) mass is 226 g/mol. The molecule has 1 unspecified atom stereocenters. The van der Waals surface area contributed by atoms with Gasteiger partial charge in [-0.2, -0.15) is 0 Å². The van der Waals surface area contributed by atoms with Gasteiger partial charge in [-0.1, -0.05) is 0 Å². The number of carboxylic acids is 1. The van der Waals surface area contributed by atoms with Gasteiger partial charge in [0, 0.05) is 6.54 Å². The molecule has 4 heteroatoms. The number of carbonyl (C=O) groups is 1. The minimum atomic E-state index is -0.607. The number of carboxylic acid groups (broad SMARTS) is 1. The van der Waals surface area contributed by atoms with Crippen molar-refractivity contribution in [2.75, 3.05) is 33.2 Å². The molecule has 2 fully saturated rings. The predicted molar refractivity (Wildman–Crippen MR) is 62.5 cm³/mol. The molecule has 2 saturated heterocycles. The lowest BCUT2D eigenvalue weighted by Gasteiger charge is -2.37. The van der Waals surface area contributed by atoms with Crippen LogP contribution in [-0.2, 0) is 4.79 Å². The molecule has 92 valence electrons. The van der Waals surface area contributed by atoms with Gasteiger partial charge in [0.2, 0.25) is 0 Å². The van der Waals surface area contributed by atoms with E-state index in [0.717, 1.165) is 58.3 Å². The van der Waals surface area contributed by atoms with Crippen LogP contribution in [0.2, 0.25) is 0 Å². The number of nitrogens with zero attached hydrogens (tertiary/aromatic N) is 2. The first-order valence-electron chi connectivity index (χ1n) is 6.32. The Labute approximate surface area is 97.2 Å². The van der Waals surface area contributed by atoms with Gasteiger partial charge in [0.1, 0.15) is 5.54 Å². The molecule has 0 amide bonds. The molecule has 0 radical (unpaired) electrons. The van der Waals surface area contributed by atoms with Crippen molar-refractivity contribution in [1.82, 2.24) is 9.80 Å². The molecule has 1 N–H and O–H groups in total. The molecule has 16 heavy (non-hydrogen) atoms. The van der Waals surface area contributed by atoms with Crippen LogP contribution in [0.25, 0.3) is 0 Å². The van der Waals surface area contributed by atoms with Gasteiger partial charge in [-0.05, 0) is 58.8 Å². The summed E-state index contributed by atoms with van der Waals surface area (Å²) in [5.41, 5.74) is -0.568. The van der Waals surface area contributed by atoms with E-state index in [1.54, 1.807) is 0 Å². The third kappa shape index (κ3) is 2.09. The Morgan fingerprint density at radius 2 is 1.75 bits per heavy atom. The van der Waals surface area contributed by atoms with Gasteiger partial charge in [-0.3, -0.25) is 9.69 Å². The Balaban J connectivity index is 2.16. The second-order valence-corrected chi connectivity index (χ2v) is 5.19. The van der Waals surface area contributed by atoms with E-state index in [1.807, 2.05) is 0 Å². The van der Waals surface area contributed by atoms with E-state index >= 15 is 0 Å². The first kappa shape index (κ1) is 11.9. The molecule has 0 aromatic rings. The van der Waals surface area contributed by atoms with Crippen molar-refractivity contribution in [1.29, 1.82) is 0 Å². The lowest BCUT2D eigenvalue weighted by molar-refractivity contribution is -0.152. The summed E-state index contributed by atoms with van der Waals surface area (Å²) in [5, 5.41) is 9.60. The van der Waals surface area contributed by atoms with Crippen molar-refractivity contribution in [2.45, 2.75) is 37.6 Å². The Morgan fingerprint density at radius 1 is 1.06 bits per heavy atom. The fraction of sp³-hybridized carbons (Fsp3) is 0.917. The highest BCUT2D eigenvalue weighted by Crippen LogP contribution is 2.32. The first-order valence-corrected chi connectivity index (χ1v) is 6.32. The zero-order valence-corrected chi connectivity index (χ0v) is 10.1. The summed E-state index contributed by atoms with van der Waals surface area (Å²) >= 11 is 0. The van der Waals surface area contributed by atoms with Crippen LogP contribution in [-0.4, -0.2) is 59.6 Å². The molecule has 2 heterocycles. The predicted octanol–water partition coefficient (Wildman–Crippen LogP) is 1.02. The Morgan fingerprint density at radius 3 is 2.38 bits per heavy atom. The van der Waals surface area contributed by atoms with Crippen LogP contribution in [0.4, 0.5) is 0 Å². The summed E-state index contributed by atoms with van der Waals surface area (Å²) in [4.78, 5) is 16.1. The average molecular weight is 226 g/mol. The highest BCUT2D eigenvalue weighted by molar-refractivity contribution is 5.79. The number of hydrogen-bond acceptors (Lipinski definition) is 3. The minimum absolute atomic E-state index is 0.568. The summed E-state index contributed by atoms with van der Waals surface area (Å²) in [6.07, 6.45) is 4.90. The van der Waals surface area contributed by atoms with Crippen LogP contribution in [0.1, 0.15) is 32.1 Å². The maximum Gasteiger partial charge on any atom is 0.324 e. The Kier molecular flexibility index (Phi) is 3.50. The number of rotatable bonds is 2. The largest absolute Gasteiger partial charge is 0.480 e. The molecule has 0 aromatic heterocycles. The molecule has 1 atom stereocenters. The van der Waals surface area contributed by atoms with E-state index < -0.39 is 11.5 Å². The third-order valence-corrected chi connectivity index (χ3v) is 4.15. The minimum Gasteiger partial charge on any atom is -0.480 e. The summed E-state index contributed by atoms with van der Waals surface area (Å²) in [5.74, 6) is -0.607. The van der Waals surface area contributed by atoms with Crippen molar-refractivity contribution < 1.29 is 9.90 Å². The molecular weight excluding hydrogens is 204 g/mol. The van der Waals surface area contributed by atoms with Gasteiger partial charge in [0.05, 0.1) is 0 Å². The molecule has 0 aromatic carbocycles. The molecule has 2 aliphatic rings. The zero-order chi connectivity index (χ0) is 11.6. The maximum absolute atomic E-state index is 11.7. The molecule has 2 aliphatic heterocycles. The zero-order valence-electron chi connectivity index (χ0n) is 10.1. The first-order chi connectivity index (χ1) is 7.65. The van der Waals surface area contributed by atoms with E-state index in [4.69, 9.17) is 0 Å². The molecular formula is C12H22N2O2. The fourth-order valence-electron chi connectivity index (χ4n) is 3.06. The summed E-state index contributed by atoms with van der Waals surface area (Å²) < 4.78 is 0. The molecule has 4 nitrogen and oxygen atoms in total. The third-order valence-electron chi connectivity index (χ3n) is 4.15. The van der Waals surface area contributed by atoms with Crippen molar-refractivity contribution >= 4 is 5.97 Å². The molecule has 2 rings (SSSR count). The van der Waals surface area contributed by atoms with E-state index in [1.165, 1.54) is 0 Å². The van der Waals surface area contributed by atoms with Crippen LogP contribution >= 0.6 is 0 Å². The Bertz CT molecular complexity index is 264. The smallest absolute Gasteiger partial charge is 0.324 e. The van der Waals surface area contributed by atoms with Gasteiger partial charge in [0.25, 0.3) is 0 Å². The normalized spacial score (nSPS) is 33.8. The van der Waals surface area contributed by atoms with Gasteiger partial charge in [0.15, 0.2) is 0 Å². The standard InChI is InChI=1S/C12H22N2O2/c1-13-7-4-5-12(6-10-13,11(15)16)14-8-2-3-9-14/h2-10H2,1H3,(H,15,16). The van der Waals surface area contributed by atoms with Crippen molar-refractivity contribution in [2.24, 2.45) is 0 Å². The van der Waals surface area contributed by atoms with Crippen LogP contribution in [0.5, 0.6) is 0 Å². The quantitative estimate of drug-likeness (QED) is 0.763. The van der Waals surface area contributed by atoms with Gasteiger partial charge < -0.3 is 10.0 Å². The summed E-state index contributed by atoms with van der Waals surface area (Å²) in [6.45, 7) is 3.87. The SMILES string of the molecule is CN1CCCC(C(=O)O)(N2CCCC2)CC1. The molecule has 0 aliphatic carbocycles. The maximum atomic E-state index is 11.7. The molecule has 0 bridgehead atoms. The van der Waals surface area contributed by atoms with Gasteiger partial charge in [-0.25, -0.2) is 0 Å².